The lowest BCUT2D eigenvalue weighted by Gasteiger charge is -2.37. The van der Waals surface area contributed by atoms with Crippen LogP contribution in [0.5, 0.6) is 0 Å². The van der Waals surface area contributed by atoms with Gasteiger partial charge in [-0.15, -0.1) is 0 Å². The average Bonchev–Trinajstić information content (AvgIpc) is 3.49. The molecule has 0 radical (unpaired) electrons. The Morgan fingerprint density at radius 1 is 0.918 bits per heavy atom. The molecule has 6 rings (SSSR count). The van der Waals surface area contributed by atoms with Gasteiger partial charge in [0.15, 0.2) is 0 Å². The van der Waals surface area contributed by atoms with Gasteiger partial charge in [-0.05, 0) is 79.4 Å². The Kier molecular flexibility index (Phi) is 9.29. The number of nitrogens with one attached hydrogen (secondary N) is 3. The summed E-state index contributed by atoms with van der Waals surface area (Å²) >= 11 is 0. The number of rotatable bonds is 10. The summed E-state index contributed by atoms with van der Waals surface area (Å²) in [5.74, 6) is -1.96. The van der Waals surface area contributed by atoms with Gasteiger partial charge in [0.2, 0.25) is 17.7 Å². The van der Waals surface area contributed by atoms with Gasteiger partial charge in [0.05, 0.1) is 6.04 Å². The van der Waals surface area contributed by atoms with Gasteiger partial charge in [-0.2, -0.15) is 12.7 Å². The first-order valence-corrected chi connectivity index (χ1v) is 20.3. The van der Waals surface area contributed by atoms with Crippen LogP contribution in [0.1, 0.15) is 125 Å². The zero-order valence-corrected chi connectivity index (χ0v) is 31.3. The lowest BCUT2D eigenvalue weighted by Crippen LogP contribution is -2.62. The van der Waals surface area contributed by atoms with Crippen LogP contribution < -0.4 is 21.1 Å². The molecule has 4 saturated carbocycles. The summed E-state index contributed by atoms with van der Waals surface area (Å²) < 4.78 is 29.7. The molecule has 2 spiro atoms. The van der Waals surface area contributed by atoms with Crippen molar-refractivity contribution in [1.82, 2.24) is 24.6 Å². The van der Waals surface area contributed by atoms with E-state index in [1.807, 2.05) is 27.7 Å². The highest BCUT2D eigenvalue weighted by Gasteiger charge is 2.85. The number of nitrogens with zero attached hydrogens (tertiary/aromatic N) is 2. The van der Waals surface area contributed by atoms with Crippen molar-refractivity contribution >= 4 is 33.8 Å². The quantitative estimate of drug-likeness (QED) is 0.271. The van der Waals surface area contributed by atoms with Crippen LogP contribution in [0.15, 0.2) is 0 Å². The van der Waals surface area contributed by atoms with Crippen molar-refractivity contribution < 1.29 is 27.6 Å². The maximum absolute atomic E-state index is 14.8. The van der Waals surface area contributed by atoms with Crippen molar-refractivity contribution in [2.45, 2.75) is 149 Å². The number of hydrogen-bond donors (Lipinski definition) is 4. The third kappa shape index (κ3) is 5.81. The van der Waals surface area contributed by atoms with Crippen molar-refractivity contribution in [3.05, 3.63) is 0 Å². The van der Waals surface area contributed by atoms with Gasteiger partial charge in [-0.1, -0.05) is 73.6 Å². The van der Waals surface area contributed by atoms with Crippen molar-refractivity contribution in [1.29, 1.82) is 0 Å². The molecule has 6 atom stereocenters. The molecule has 4 aliphatic carbocycles. The highest BCUT2D eigenvalue weighted by atomic mass is 32.2. The Bertz CT molecular complexity index is 1460. The minimum absolute atomic E-state index is 0.0434. The molecule has 2 aliphatic heterocycles. The SMILES string of the molecule is CCC1CC1(NC(=O)C1CC2(CN1C(=O)C(NC(=O)C(N)C1CCCCC1)C(C)(C)C)C(C)(C)C21CCC1)C(=O)NS(=O)(=O)N1CCCC1. The lowest BCUT2D eigenvalue weighted by atomic mass is 9.73. The fourth-order valence-corrected chi connectivity index (χ4v) is 11.9. The number of carbonyl (C=O) groups excluding carboxylic acids is 4. The molecule has 0 aromatic rings. The molecular weight excluding hydrogens is 644 g/mol. The summed E-state index contributed by atoms with van der Waals surface area (Å²) in [6, 6.07) is -2.48. The number of fused-ring (bicyclic) bond motifs is 1. The first-order valence-electron chi connectivity index (χ1n) is 18.9. The van der Waals surface area contributed by atoms with Gasteiger partial charge in [0.1, 0.15) is 17.6 Å². The molecule has 5 N–H and O–H groups in total. The summed E-state index contributed by atoms with van der Waals surface area (Å²) in [5.41, 5.74) is 4.16. The molecule has 276 valence electrons. The molecule has 4 amide bonds. The normalized spacial score (nSPS) is 33.5. The second-order valence-corrected chi connectivity index (χ2v) is 19.5. The molecule has 2 saturated heterocycles. The molecule has 12 nitrogen and oxygen atoms in total. The Morgan fingerprint density at radius 2 is 1.55 bits per heavy atom. The summed E-state index contributed by atoms with van der Waals surface area (Å²) in [5, 5.41) is 6.04. The molecule has 6 unspecified atom stereocenters. The number of amides is 4. The van der Waals surface area contributed by atoms with Crippen LogP contribution in [0.2, 0.25) is 0 Å². The van der Waals surface area contributed by atoms with Gasteiger partial charge in [0, 0.05) is 25.0 Å². The standard InChI is InChI=1S/C36H60N6O6S/c1-7-24-20-36(24,31(46)40-49(47,48)41-18-11-12-19-41)39-28(43)25-21-35(33(5,6)34(35)16-13-17-34)22-42(25)30(45)27(32(2,3)4)38-29(44)26(37)23-14-9-8-10-15-23/h23-27H,7-22,37H2,1-6H3,(H,38,44)(H,39,43)(H,40,46). The molecule has 6 fully saturated rings. The topological polar surface area (TPSA) is 171 Å². The maximum Gasteiger partial charge on any atom is 0.303 e. The predicted octanol–water partition coefficient (Wildman–Crippen LogP) is 2.96. The predicted molar refractivity (Wildman–Crippen MR) is 186 cm³/mol. The Morgan fingerprint density at radius 3 is 2.06 bits per heavy atom. The minimum atomic E-state index is -4.04. The summed E-state index contributed by atoms with van der Waals surface area (Å²) in [7, 11) is -4.04. The van der Waals surface area contributed by atoms with Crippen molar-refractivity contribution in [3.8, 4) is 0 Å². The molecule has 13 heteroatoms. The highest BCUT2D eigenvalue weighted by molar-refractivity contribution is 7.87. The van der Waals surface area contributed by atoms with Gasteiger partial charge in [0.25, 0.3) is 5.91 Å². The number of nitrogens with two attached hydrogens (primary N) is 1. The highest BCUT2D eigenvalue weighted by Crippen LogP contribution is 2.88. The number of hydrogen-bond acceptors (Lipinski definition) is 7. The van der Waals surface area contributed by atoms with Crippen LogP contribution in [0.3, 0.4) is 0 Å². The van der Waals surface area contributed by atoms with Crippen LogP contribution in [0.4, 0.5) is 0 Å². The average molecular weight is 705 g/mol. The number of likely N-dealkylation sites (tertiary alicyclic amines) is 1. The van der Waals surface area contributed by atoms with E-state index in [-0.39, 0.29) is 39.9 Å². The third-order valence-electron chi connectivity index (χ3n) is 14.2. The third-order valence-corrected chi connectivity index (χ3v) is 15.7. The lowest BCUT2D eigenvalue weighted by molar-refractivity contribution is -0.145. The molecule has 0 aromatic heterocycles. The van der Waals surface area contributed by atoms with Crippen LogP contribution in [-0.4, -0.2) is 84.6 Å². The molecule has 2 heterocycles. The summed E-state index contributed by atoms with van der Waals surface area (Å²) in [6.45, 7) is 13.2. The van der Waals surface area contributed by atoms with Crippen LogP contribution >= 0.6 is 0 Å². The van der Waals surface area contributed by atoms with E-state index in [1.54, 1.807) is 4.90 Å². The smallest absolute Gasteiger partial charge is 0.303 e. The summed E-state index contributed by atoms with van der Waals surface area (Å²) in [4.78, 5) is 58.3. The molecule has 0 aromatic carbocycles. The zero-order chi connectivity index (χ0) is 35.8. The van der Waals surface area contributed by atoms with Crippen LogP contribution in [-0.2, 0) is 29.4 Å². The van der Waals surface area contributed by atoms with Crippen LogP contribution in [0.25, 0.3) is 0 Å². The van der Waals surface area contributed by atoms with Crippen molar-refractivity contribution in [2.75, 3.05) is 19.6 Å². The van der Waals surface area contributed by atoms with E-state index < -0.39 is 51.1 Å². The summed E-state index contributed by atoms with van der Waals surface area (Å²) in [6.07, 6.45) is 11.1. The molecule has 0 bridgehead atoms. The van der Waals surface area contributed by atoms with Crippen molar-refractivity contribution in [3.63, 3.8) is 0 Å². The second-order valence-electron chi connectivity index (χ2n) is 17.9. The van der Waals surface area contributed by atoms with Crippen LogP contribution in [0, 0.1) is 33.5 Å². The minimum Gasteiger partial charge on any atom is -0.342 e. The van der Waals surface area contributed by atoms with E-state index >= 15 is 0 Å². The van der Waals surface area contributed by atoms with E-state index in [1.165, 1.54) is 4.31 Å². The fourth-order valence-electron chi connectivity index (χ4n) is 10.6. The van der Waals surface area contributed by atoms with E-state index in [4.69, 9.17) is 5.73 Å². The second kappa shape index (κ2) is 12.5. The van der Waals surface area contributed by atoms with Crippen molar-refractivity contribution in [2.24, 2.45) is 39.2 Å². The van der Waals surface area contributed by atoms with E-state index in [9.17, 15) is 27.6 Å². The van der Waals surface area contributed by atoms with Gasteiger partial charge >= 0.3 is 10.2 Å². The monoisotopic (exact) mass is 704 g/mol. The van der Waals surface area contributed by atoms with Gasteiger partial charge < -0.3 is 21.3 Å². The Hall–Kier alpha value is -2.25. The Balaban J connectivity index is 1.26. The molecule has 49 heavy (non-hydrogen) atoms. The largest absolute Gasteiger partial charge is 0.342 e. The molecular formula is C36H60N6O6S. The first kappa shape index (κ1) is 36.5. The fraction of sp³-hybridized carbons (Fsp3) is 0.889. The van der Waals surface area contributed by atoms with E-state index in [0.717, 1.165) is 64.2 Å². The van der Waals surface area contributed by atoms with E-state index in [0.29, 0.717) is 38.9 Å². The zero-order valence-electron chi connectivity index (χ0n) is 30.5. The number of carbonyl (C=O) groups is 4. The van der Waals surface area contributed by atoms with Gasteiger partial charge in [-0.25, -0.2) is 4.72 Å². The first-order chi connectivity index (χ1) is 22.9. The Labute approximate surface area is 293 Å². The van der Waals surface area contributed by atoms with Gasteiger partial charge in [-0.3, -0.25) is 19.2 Å². The van der Waals surface area contributed by atoms with E-state index in [2.05, 4.69) is 29.2 Å². The molecule has 6 aliphatic rings. The maximum atomic E-state index is 14.8.